The molecule has 0 saturated carbocycles. The molecule has 2 rings (SSSR count). The molecule has 0 fully saturated rings. The Hall–Kier alpha value is -1.79. The summed E-state index contributed by atoms with van der Waals surface area (Å²) >= 11 is 0. The van der Waals surface area contributed by atoms with Gasteiger partial charge < -0.3 is 10.4 Å². The molecule has 1 aromatic rings. The molecule has 1 amide bonds. The molecule has 1 aliphatic rings. The summed E-state index contributed by atoms with van der Waals surface area (Å²) in [5.74, 6) is 4.74. The first-order chi connectivity index (χ1) is 8.72. The Morgan fingerprint density at radius 2 is 2.28 bits per heavy atom. The van der Waals surface area contributed by atoms with Gasteiger partial charge in [-0.3, -0.25) is 4.79 Å². The van der Waals surface area contributed by atoms with Gasteiger partial charge in [0.15, 0.2) is 0 Å². The van der Waals surface area contributed by atoms with Gasteiger partial charge in [0.25, 0.3) is 5.91 Å². The second-order valence-corrected chi connectivity index (χ2v) is 4.65. The molecule has 1 aromatic carbocycles. The van der Waals surface area contributed by atoms with Crippen molar-refractivity contribution < 1.29 is 9.90 Å². The first-order valence-electron chi connectivity index (χ1n) is 6.12. The molecule has 94 valence electrons. The average molecular weight is 243 g/mol. The van der Waals surface area contributed by atoms with Crippen LogP contribution in [0.3, 0.4) is 0 Å². The standard InChI is InChI=1S/C15H17NO2/c1-2-5-14(18)16-10-15(11-17)9-8-12-6-3-4-7-13(12)15/h3-4,6-7,17H,8-11H2,1H3,(H,16,18). The van der Waals surface area contributed by atoms with Crippen molar-refractivity contribution in [3.8, 4) is 11.8 Å². The third kappa shape index (κ3) is 2.25. The van der Waals surface area contributed by atoms with Crippen molar-refractivity contribution in [2.45, 2.75) is 25.2 Å². The number of hydrogen-bond donors (Lipinski definition) is 2. The second kappa shape index (κ2) is 5.24. The van der Waals surface area contributed by atoms with Crippen molar-refractivity contribution in [3.63, 3.8) is 0 Å². The zero-order chi connectivity index (χ0) is 13.0. The number of carbonyl (C=O) groups is 1. The molecule has 0 bridgehead atoms. The molecular formula is C15H17NO2. The number of aliphatic hydroxyl groups is 1. The average Bonchev–Trinajstić information content (AvgIpc) is 2.77. The van der Waals surface area contributed by atoms with E-state index in [4.69, 9.17) is 0 Å². The lowest BCUT2D eigenvalue weighted by atomic mass is 9.82. The highest BCUT2D eigenvalue weighted by Gasteiger charge is 2.38. The van der Waals surface area contributed by atoms with Crippen LogP contribution in [0, 0.1) is 11.8 Å². The number of carbonyl (C=O) groups excluding carboxylic acids is 1. The predicted molar refractivity (Wildman–Crippen MR) is 70.0 cm³/mol. The molecule has 1 unspecified atom stereocenters. The van der Waals surface area contributed by atoms with Crippen molar-refractivity contribution in [2.24, 2.45) is 0 Å². The van der Waals surface area contributed by atoms with E-state index in [2.05, 4.69) is 23.2 Å². The zero-order valence-corrected chi connectivity index (χ0v) is 10.5. The van der Waals surface area contributed by atoms with Crippen LogP contribution in [-0.2, 0) is 16.6 Å². The highest BCUT2D eigenvalue weighted by atomic mass is 16.3. The first kappa shape index (κ1) is 12.7. The van der Waals surface area contributed by atoms with Crippen molar-refractivity contribution in [2.75, 3.05) is 13.2 Å². The highest BCUT2D eigenvalue weighted by molar-refractivity contribution is 5.93. The molecule has 0 spiro atoms. The smallest absolute Gasteiger partial charge is 0.295 e. The van der Waals surface area contributed by atoms with E-state index >= 15 is 0 Å². The SMILES string of the molecule is CC#CC(=O)NCC1(CO)CCc2ccccc21. The summed E-state index contributed by atoms with van der Waals surface area (Å²) in [5.41, 5.74) is 2.07. The molecule has 0 aliphatic heterocycles. The van der Waals surface area contributed by atoms with Gasteiger partial charge in [-0.2, -0.15) is 0 Å². The molecular weight excluding hydrogens is 226 g/mol. The van der Waals surface area contributed by atoms with Crippen molar-refractivity contribution in [1.82, 2.24) is 5.32 Å². The van der Waals surface area contributed by atoms with Crippen LogP contribution in [0.5, 0.6) is 0 Å². The quantitative estimate of drug-likeness (QED) is 0.778. The Kier molecular flexibility index (Phi) is 3.69. The monoisotopic (exact) mass is 243 g/mol. The van der Waals surface area contributed by atoms with E-state index in [0.29, 0.717) is 6.54 Å². The topological polar surface area (TPSA) is 49.3 Å². The summed E-state index contributed by atoms with van der Waals surface area (Å²) in [6.45, 7) is 2.12. The maximum Gasteiger partial charge on any atom is 0.295 e. The van der Waals surface area contributed by atoms with Gasteiger partial charge in [0, 0.05) is 12.0 Å². The molecule has 0 heterocycles. The second-order valence-electron chi connectivity index (χ2n) is 4.65. The van der Waals surface area contributed by atoms with E-state index in [9.17, 15) is 9.90 Å². The summed E-state index contributed by atoms with van der Waals surface area (Å²) in [5, 5.41) is 12.5. The van der Waals surface area contributed by atoms with Gasteiger partial charge in [-0.25, -0.2) is 0 Å². The zero-order valence-electron chi connectivity index (χ0n) is 10.5. The first-order valence-corrected chi connectivity index (χ1v) is 6.12. The van der Waals surface area contributed by atoms with Gasteiger partial charge in [0.05, 0.1) is 6.61 Å². The van der Waals surface area contributed by atoms with Gasteiger partial charge in [-0.05, 0) is 36.8 Å². The largest absolute Gasteiger partial charge is 0.395 e. The van der Waals surface area contributed by atoms with Gasteiger partial charge in [0.2, 0.25) is 0 Å². The maximum atomic E-state index is 11.4. The Bertz CT molecular complexity index is 513. The van der Waals surface area contributed by atoms with Crippen LogP contribution in [0.1, 0.15) is 24.5 Å². The highest BCUT2D eigenvalue weighted by Crippen LogP contribution is 2.38. The molecule has 18 heavy (non-hydrogen) atoms. The third-order valence-corrected chi connectivity index (χ3v) is 3.59. The minimum absolute atomic E-state index is 0.0455. The number of aryl methyl sites for hydroxylation is 1. The molecule has 0 saturated heterocycles. The lowest BCUT2D eigenvalue weighted by molar-refractivity contribution is -0.116. The van der Waals surface area contributed by atoms with E-state index in [1.807, 2.05) is 18.2 Å². The fourth-order valence-corrected chi connectivity index (χ4v) is 2.58. The Morgan fingerprint density at radius 1 is 1.50 bits per heavy atom. The van der Waals surface area contributed by atoms with E-state index in [-0.39, 0.29) is 17.9 Å². The van der Waals surface area contributed by atoms with Gasteiger partial charge in [-0.1, -0.05) is 30.2 Å². The molecule has 1 aliphatic carbocycles. The number of amides is 1. The van der Waals surface area contributed by atoms with Crippen LogP contribution >= 0.6 is 0 Å². The molecule has 1 atom stereocenters. The molecule has 3 heteroatoms. The summed E-state index contributed by atoms with van der Waals surface area (Å²) in [6, 6.07) is 8.10. The van der Waals surface area contributed by atoms with E-state index in [0.717, 1.165) is 18.4 Å². The van der Waals surface area contributed by atoms with Gasteiger partial charge in [-0.15, -0.1) is 0 Å². The summed E-state index contributed by atoms with van der Waals surface area (Å²) in [6.07, 6.45) is 1.81. The molecule has 0 aromatic heterocycles. The lowest BCUT2D eigenvalue weighted by Crippen LogP contribution is -2.41. The molecule has 3 nitrogen and oxygen atoms in total. The number of benzene rings is 1. The Balaban J connectivity index is 2.17. The van der Waals surface area contributed by atoms with Crippen LogP contribution < -0.4 is 5.32 Å². The minimum atomic E-state index is -0.346. The molecule has 2 N–H and O–H groups in total. The van der Waals surface area contributed by atoms with Crippen molar-refractivity contribution in [1.29, 1.82) is 0 Å². The fraction of sp³-hybridized carbons (Fsp3) is 0.400. The third-order valence-electron chi connectivity index (χ3n) is 3.59. The number of fused-ring (bicyclic) bond motifs is 1. The van der Waals surface area contributed by atoms with Gasteiger partial charge in [0.1, 0.15) is 0 Å². The minimum Gasteiger partial charge on any atom is -0.395 e. The van der Waals surface area contributed by atoms with Crippen molar-refractivity contribution >= 4 is 5.91 Å². The predicted octanol–water partition coefficient (Wildman–Crippen LogP) is 1.00. The van der Waals surface area contributed by atoms with Crippen LogP contribution in [-0.4, -0.2) is 24.2 Å². The van der Waals surface area contributed by atoms with E-state index < -0.39 is 0 Å². The maximum absolute atomic E-state index is 11.4. The van der Waals surface area contributed by atoms with Crippen LogP contribution in [0.15, 0.2) is 24.3 Å². The van der Waals surface area contributed by atoms with Crippen LogP contribution in [0.4, 0.5) is 0 Å². The number of hydrogen-bond acceptors (Lipinski definition) is 2. The molecule has 0 radical (unpaired) electrons. The fourth-order valence-electron chi connectivity index (χ4n) is 2.58. The Morgan fingerprint density at radius 3 is 3.00 bits per heavy atom. The van der Waals surface area contributed by atoms with Gasteiger partial charge >= 0.3 is 0 Å². The van der Waals surface area contributed by atoms with E-state index in [1.54, 1.807) is 6.92 Å². The number of nitrogens with one attached hydrogen (secondary N) is 1. The summed E-state index contributed by atoms with van der Waals surface area (Å²) < 4.78 is 0. The van der Waals surface area contributed by atoms with Crippen molar-refractivity contribution in [3.05, 3.63) is 35.4 Å². The number of rotatable bonds is 3. The number of aliphatic hydroxyl groups excluding tert-OH is 1. The summed E-state index contributed by atoms with van der Waals surface area (Å²) in [4.78, 5) is 11.4. The van der Waals surface area contributed by atoms with E-state index in [1.165, 1.54) is 5.56 Å². The lowest BCUT2D eigenvalue weighted by Gasteiger charge is -2.28. The Labute approximate surface area is 107 Å². The normalized spacial score (nSPS) is 20.8. The van der Waals surface area contributed by atoms with Crippen LogP contribution in [0.2, 0.25) is 0 Å². The van der Waals surface area contributed by atoms with Crippen LogP contribution in [0.25, 0.3) is 0 Å². The summed E-state index contributed by atoms with van der Waals surface area (Å²) in [7, 11) is 0.